The van der Waals surface area contributed by atoms with Gasteiger partial charge in [-0.05, 0) is 45.4 Å². The molecule has 1 unspecified atom stereocenters. The summed E-state index contributed by atoms with van der Waals surface area (Å²) in [6.07, 6.45) is 0.501. The zero-order chi connectivity index (χ0) is 15.8. The number of fused-ring (bicyclic) bond motifs is 1. The van der Waals surface area contributed by atoms with Gasteiger partial charge in [0.05, 0.1) is 17.4 Å². The minimum absolute atomic E-state index is 0.0259. The Morgan fingerprint density at radius 2 is 2.05 bits per heavy atom. The second-order valence-corrected chi connectivity index (χ2v) is 8.63. The highest BCUT2D eigenvalue weighted by Gasteiger charge is 2.31. The fraction of sp³-hybridized carbons (Fsp3) is 0.500. The van der Waals surface area contributed by atoms with Crippen LogP contribution < -0.4 is 10.1 Å². The van der Waals surface area contributed by atoms with Crippen molar-refractivity contribution in [3.8, 4) is 5.75 Å². The third kappa shape index (κ3) is 3.89. The Hall–Kier alpha value is -1.27. The summed E-state index contributed by atoms with van der Waals surface area (Å²) in [6.45, 7) is 6.10. The molecule has 1 amide bonds. The van der Waals surface area contributed by atoms with Crippen molar-refractivity contribution in [2.24, 2.45) is 0 Å². The number of benzene rings is 1. The van der Waals surface area contributed by atoms with Crippen molar-refractivity contribution in [2.45, 2.75) is 43.5 Å². The molecule has 0 bridgehead atoms. The van der Waals surface area contributed by atoms with E-state index < -0.39 is 15.0 Å². The minimum Gasteiger partial charge on any atom is -0.493 e. The molecule has 1 aliphatic rings. The zero-order valence-electron chi connectivity index (χ0n) is 12.1. The molecule has 0 spiro atoms. The number of amides is 1. The van der Waals surface area contributed by atoms with Crippen molar-refractivity contribution in [3.63, 3.8) is 0 Å². The van der Waals surface area contributed by atoms with Crippen LogP contribution in [0.15, 0.2) is 23.1 Å². The van der Waals surface area contributed by atoms with Crippen LogP contribution in [-0.4, -0.2) is 26.5 Å². The number of hydrogen-bond donors (Lipinski definition) is 1. The Morgan fingerprint density at radius 1 is 1.38 bits per heavy atom. The summed E-state index contributed by atoms with van der Waals surface area (Å²) in [5.74, 6) is -0.0538. The molecule has 1 atom stereocenters. The summed E-state index contributed by atoms with van der Waals surface area (Å²) in [5, 5.41) is 2.91. The van der Waals surface area contributed by atoms with E-state index in [1.54, 1.807) is 6.07 Å². The second-order valence-electron chi connectivity index (χ2n) is 6.07. The molecule has 1 N–H and O–H groups in total. The van der Waals surface area contributed by atoms with Crippen molar-refractivity contribution in [3.05, 3.63) is 23.8 Å². The molecule has 0 aliphatic carbocycles. The predicted octanol–water partition coefficient (Wildman–Crippen LogP) is 2.39. The van der Waals surface area contributed by atoms with Crippen LogP contribution in [0.5, 0.6) is 5.75 Å². The van der Waals surface area contributed by atoms with E-state index in [9.17, 15) is 13.2 Å². The predicted molar refractivity (Wildman–Crippen MR) is 80.2 cm³/mol. The van der Waals surface area contributed by atoms with E-state index in [4.69, 9.17) is 15.4 Å². The Kier molecular flexibility index (Phi) is 4.22. The Morgan fingerprint density at radius 3 is 2.62 bits per heavy atom. The van der Waals surface area contributed by atoms with Crippen molar-refractivity contribution in [1.82, 2.24) is 5.32 Å². The fourth-order valence-corrected chi connectivity index (χ4v) is 3.04. The van der Waals surface area contributed by atoms with Gasteiger partial charge in [0.2, 0.25) is 5.91 Å². The smallest absolute Gasteiger partial charge is 0.261 e. The van der Waals surface area contributed by atoms with Gasteiger partial charge < -0.3 is 10.1 Å². The lowest BCUT2D eigenvalue weighted by Crippen LogP contribution is -2.44. The Bertz CT molecular complexity index is 664. The lowest BCUT2D eigenvalue weighted by Gasteiger charge is -2.29. The largest absolute Gasteiger partial charge is 0.493 e. The minimum atomic E-state index is -3.84. The molecule has 116 valence electrons. The summed E-state index contributed by atoms with van der Waals surface area (Å²) in [6, 6.07) is 4.34. The van der Waals surface area contributed by atoms with E-state index in [1.807, 2.05) is 20.8 Å². The quantitative estimate of drug-likeness (QED) is 0.845. The first-order valence-electron chi connectivity index (χ1n) is 6.61. The standard InChI is InChI=1S/C14H18ClNO4S/c1-14(2,3)16-13(17)10-6-7-20-12-5-4-9(8-11(10)12)21(15,18)19/h4-5,8,10H,6-7H2,1-3H3,(H,16,17). The van der Waals surface area contributed by atoms with E-state index in [2.05, 4.69) is 5.32 Å². The summed E-state index contributed by atoms with van der Waals surface area (Å²) in [4.78, 5) is 12.4. The third-order valence-electron chi connectivity index (χ3n) is 3.12. The average Bonchev–Trinajstić information content (AvgIpc) is 2.34. The van der Waals surface area contributed by atoms with E-state index in [0.29, 0.717) is 24.3 Å². The SMILES string of the molecule is CC(C)(C)NC(=O)C1CCOc2ccc(S(=O)(=O)Cl)cc21. The van der Waals surface area contributed by atoms with Gasteiger partial charge >= 0.3 is 0 Å². The molecule has 1 aromatic rings. The van der Waals surface area contributed by atoms with Crippen LogP contribution in [0, 0.1) is 0 Å². The maximum absolute atomic E-state index is 12.4. The topological polar surface area (TPSA) is 72.5 Å². The lowest BCUT2D eigenvalue weighted by atomic mass is 9.91. The highest BCUT2D eigenvalue weighted by Crippen LogP contribution is 2.36. The number of nitrogens with one attached hydrogen (secondary N) is 1. The number of halogens is 1. The highest BCUT2D eigenvalue weighted by atomic mass is 35.7. The van der Waals surface area contributed by atoms with Crippen LogP contribution >= 0.6 is 10.7 Å². The van der Waals surface area contributed by atoms with Gasteiger partial charge in [0.1, 0.15) is 5.75 Å². The van der Waals surface area contributed by atoms with Crippen molar-refractivity contribution >= 4 is 25.6 Å². The zero-order valence-corrected chi connectivity index (χ0v) is 13.7. The van der Waals surface area contributed by atoms with Crippen LogP contribution in [-0.2, 0) is 13.8 Å². The van der Waals surface area contributed by atoms with E-state index >= 15 is 0 Å². The van der Waals surface area contributed by atoms with Crippen LogP contribution in [0.4, 0.5) is 0 Å². The van der Waals surface area contributed by atoms with E-state index in [-0.39, 0.29) is 16.3 Å². The Balaban J connectivity index is 2.40. The first kappa shape index (κ1) is 16.1. The lowest BCUT2D eigenvalue weighted by molar-refractivity contribution is -0.124. The number of hydrogen-bond acceptors (Lipinski definition) is 4. The maximum Gasteiger partial charge on any atom is 0.261 e. The van der Waals surface area contributed by atoms with Gasteiger partial charge in [0.25, 0.3) is 9.05 Å². The van der Waals surface area contributed by atoms with Crippen molar-refractivity contribution in [2.75, 3.05) is 6.61 Å². The van der Waals surface area contributed by atoms with Gasteiger partial charge in [-0.3, -0.25) is 4.79 Å². The van der Waals surface area contributed by atoms with Crippen molar-refractivity contribution in [1.29, 1.82) is 0 Å². The average molecular weight is 332 g/mol. The maximum atomic E-state index is 12.4. The highest BCUT2D eigenvalue weighted by molar-refractivity contribution is 8.13. The molecule has 0 aromatic heterocycles. The first-order valence-corrected chi connectivity index (χ1v) is 8.92. The number of carbonyl (C=O) groups excluding carboxylic acids is 1. The Labute approximate surface area is 129 Å². The van der Waals surface area contributed by atoms with Gasteiger partial charge in [-0.25, -0.2) is 8.42 Å². The van der Waals surface area contributed by atoms with Gasteiger partial charge in [0, 0.05) is 21.8 Å². The summed E-state index contributed by atoms with van der Waals surface area (Å²) in [5.41, 5.74) is 0.204. The molecule has 0 saturated heterocycles. The molecule has 1 aromatic carbocycles. The van der Waals surface area contributed by atoms with Crippen LogP contribution in [0.2, 0.25) is 0 Å². The first-order chi connectivity index (χ1) is 9.58. The summed E-state index contributed by atoms with van der Waals surface area (Å²) in [7, 11) is 1.53. The van der Waals surface area contributed by atoms with Crippen molar-refractivity contribution < 1.29 is 17.9 Å². The molecule has 1 aliphatic heterocycles. The number of ether oxygens (including phenoxy) is 1. The van der Waals surface area contributed by atoms with Crippen LogP contribution in [0.1, 0.15) is 38.7 Å². The van der Waals surface area contributed by atoms with E-state index in [0.717, 1.165) is 0 Å². The molecule has 5 nitrogen and oxygen atoms in total. The monoisotopic (exact) mass is 331 g/mol. The molecular formula is C14H18ClNO4S. The number of carbonyl (C=O) groups is 1. The van der Waals surface area contributed by atoms with Gasteiger partial charge in [0.15, 0.2) is 0 Å². The fourth-order valence-electron chi connectivity index (χ4n) is 2.25. The van der Waals surface area contributed by atoms with Gasteiger partial charge in [-0.15, -0.1) is 0 Å². The molecule has 0 fully saturated rings. The molecule has 2 rings (SSSR count). The van der Waals surface area contributed by atoms with E-state index in [1.165, 1.54) is 12.1 Å². The molecule has 1 heterocycles. The molecule has 0 saturated carbocycles. The van der Waals surface area contributed by atoms with Crippen LogP contribution in [0.3, 0.4) is 0 Å². The second kappa shape index (κ2) is 5.50. The van der Waals surface area contributed by atoms with Gasteiger partial charge in [-0.2, -0.15) is 0 Å². The van der Waals surface area contributed by atoms with Crippen LogP contribution in [0.25, 0.3) is 0 Å². The molecule has 0 radical (unpaired) electrons. The summed E-state index contributed by atoms with van der Waals surface area (Å²) >= 11 is 0. The molecule has 7 heteroatoms. The number of rotatable bonds is 2. The molecular weight excluding hydrogens is 314 g/mol. The third-order valence-corrected chi connectivity index (χ3v) is 4.47. The van der Waals surface area contributed by atoms with Gasteiger partial charge in [-0.1, -0.05) is 0 Å². The normalized spacial score (nSPS) is 18.6. The molecule has 21 heavy (non-hydrogen) atoms. The summed E-state index contributed by atoms with van der Waals surface area (Å²) < 4.78 is 28.4.